The van der Waals surface area contributed by atoms with E-state index in [9.17, 15) is 14.2 Å². The molecule has 0 aromatic heterocycles. The fourth-order valence-electron chi connectivity index (χ4n) is 3.34. The summed E-state index contributed by atoms with van der Waals surface area (Å²) in [6.07, 6.45) is -1.88. The first kappa shape index (κ1) is 27.1. The Kier molecular flexibility index (Phi) is 10.2. The number of hydrogen-bond donors (Lipinski definition) is 1. The first-order valence-electron chi connectivity index (χ1n) is 11.4. The second-order valence-corrected chi connectivity index (χ2v) is 10.2. The summed E-state index contributed by atoms with van der Waals surface area (Å²) in [6, 6.07) is 27.4. The fourth-order valence-corrected chi connectivity index (χ4v) is 5.28. The molecule has 1 amide bonds. The number of carbonyl (C=O) groups is 2. The van der Waals surface area contributed by atoms with Crippen molar-refractivity contribution in [2.45, 2.75) is 38.4 Å². The number of nitrogens with one attached hydrogen (secondary N) is 1. The van der Waals surface area contributed by atoms with Gasteiger partial charge in [0.05, 0.1) is 13.7 Å². The van der Waals surface area contributed by atoms with Crippen molar-refractivity contribution in [1.82, 2.24) is 5.32 Å². The number of hydrogen-bond acceptors (Lipinski definition) is 7. The van der Waals surface area contributed by atoms with Gasteiger partial charge in [-0.15, -0.1) is 0 Å². The molecule has 0 aliphatic carbocycles. The normalized spacial score (nSPS) is 14.2. The van der Waals surface area contributed by atoms with E-state index in [4.69, 9.17) is 18.5 Å². The molecule has 36 heavy (non-hydrogen) atoms. The quantitative estimate of drug-likeness (QED) is 0.254. The SMILES string of the molecule is COC(=O)[C@H](C)OP(=O)(OCc1ccccc1)[C@@H](Cc1ccccc1)NC(=O)OCc1ccccc1. The largest absolute Gasteiger partial charge is 0.467 e. The van der Waals surface area contributed by atoms with Crippen LogP contribution in [0.1, 0.15) is 23.6 Å². The summed E-state index contributed by atoms with van der Waals surface area (Å²) >= 11 is 0. The lowest BCUT2D eigenvalue weighted by molar-refractivity contribution is -0.148. The monoisotopic (exact) mass is 511 g/mol. The Morgan fingerprint density at radius 2 is 1.31 bits per heavy atom. The molecule has 9 heteroatoms. The maximum absolute atomic E-state index is 14.2. The molecule has 3 aromatic carbocycles. The van der Waals surface area contributed by atoms with Gasteiger partial charge in [0.1, 0.15) is 12.4 Å². The zero-order chi connectivity index (χ0) is 25.8. The number of ether oxygens (including phenoxy) is 2. The van der Waals surface area contributed by atoms with Crippen molar-refractivity contribution in [3.8, 4) is 0 Å². The smallest absolute Gasteiger partial charge is 0.408 e. The predicted octanol–water partition coefficient (Wildman–Crippen LogP) is 5.47. The summed E-state index contributed by atoms with van der Waals surface area (Å²) in [7, 11) is -2.94. The predicted molar refractivity (Wildman–Crippen MR) is 135 cm³/mol. The third-order valence-electron chi connectivity index (χ3n) is 5.24. The van der Waals surface area contributed by atoms with E-state index >= 15 is 0 Å². The third kappa shape index (κ3) is 8.34. The highest BCUT2D eigenvalue weighted by Gasteiger charge is 2.41. The molecule has 0 aliphatic heterocycles. The fraction of sp³-hybridized carbons (Fsp3) is 0.259. The van der Waals surface area contributed by atoms with Crippen LogP contribution < -0.4 is 5.32 Å². The van der Waals surface area contributed by atoms with Crippen LogP contribution >= 0.6 is 7.60 Å². The lowest BCUT2D eigenvalue weighted by atomic mass is 10.1. The maximum Gasteiger partial charge on any atom is 0.408 e. The Bertz CT molecular complexity index is 1140. The van der Waals surface area contributed by atoms with Crippen LogP contribution in [0.15, 0.2) is 91.0 Å². The highest BCUT2D eigenvalue weighted by molar-refractivity contribution is 7.54. The molecule has 0 fully saturated rings. The molecular formula is C27H30NO7P. The number of carbonyl (C=O) groups excluding carboxylic acids is 2. The lowest BCUT2D eigenvalue weighted by Gasteiger charge is -2.29. The van der Waals surface area contributed by atoms with Gasteiger partial charge in [0, 0.05) is 6.42 Å². The zero-order valence-corrected chi connectivity index (χ0v) is 21.1. The average molecular weight is 512 g/mol. The summed E-state index contributed by atoms with van der Waals surface area (Å²) in [6.45, 7) is 1.38. The molecule has 8 nitrogen and oxygen atoms in total. The first-order valence-corrected chi connectivity index (χ1v) is 13.1. The van der Waals surface area contributed by atoms with Crippen LogP contribution in [0, 0.1) is 0 Å². The summed E-state index contributed by atoms with van der Waals surface area (Å²) in [4.78, 5) is 24.8. The van der Waals surface area contributed by atoms with Crippen LogP contribution in [0.25, 0.3) is 0 Å². The minimum atomic E-state index is -4.15. The van der Waals surface area contributed by atoms with Crippen molar-refractivity contribution in [2.75, 3.05) is 7.11 Å². The molecule has 3 atom stereocenters. The van der Waals surface area contributed by atoms with Gasteiger partial charge in [-0.1, -0.05) is 91.0 Å². The van der Waals surface area contributed by atoms with Gasteiger partial charge in [-0.2, -0.15) is 0 Å². The second-order valence-electron chi connectivity index (χ2n) is 7.98. The van der Waals surface area contributed by atoms with Crippen LogP contribution in [-0.4, -0.2) is 31.1 Å². The molecule has 3 aromatic rings. The van der Waals surface area contributed by atoms with E-state index in [0.717, 1.165) is 16.7 Å². The summed E-state index contributed by atoms with van der Waals surface area (Å²) in [5.41, 5.74) is 2.33. The highest BCUT2D eigenvalue weighted by atomic mass is 31.2. The Balaban J connectivity index is 1.85. The number of alkyl carbamates (subject to hydrolysis) is 1. The van der Waals surface area contributed by atoms with Crippen molar-refractivity contribution in [2.24, 2.45) is 0 Å². The second kappa shape index (κ2) is 13.6. The van der Waals surface area contributed by atoms with Crippen molar-refractivity contribution in [3.05, 3.63) is 108 Å². The summed E-state index contributed by atoms with van der Waals surface area (Å²) in [5, 5.41) is 2.65. The molecular weight excluding hydrogens is 481 g/mol. The number of rotatable bonds is 12. The Morgan fingerprint density at radius 3 is 1.83 bits per heavy atom. The minimum absolute atomic E-state index is 0.0271. The summed E-state index contributed by atoms with van der Waals surface area (Å²) < 4.78 is 35.8. The van der Waals surface area contributed by atoms with E-state index in [2.05, 4.69) is 5.32 Å². The highest BCUT2D eigenvalue weighted by Crippen LogP contribution is 2.55. The van der Waals surface area contributed by atoms with E-state index in [-0.39, 0.29) is 19.6 Å². The average Bonchev–Trinajstić information content (AvgIpc) is 2.91. The standard InChI is InChI=1S/C27H30NO7P/c1-21(26(29)32-2)35-36(31,34-20-24-16-10-5-11-17-24)25(18-22-12-6-3-7-13-22)28-27(30)33-19-23-14-8-4-9-15-23/h3-17,21,25H,18-20H2,1-2H3,(H,28,30)/t21-,25-,36?/m0/s1. The molecule has 0 spiro atoms. The van der Waals surface area contributed by atoms with Gasteiger partial charge >= 0.3 is 19.7 Å². The molecule has 0 saturated carbocycles. The van der Waals surface area contributed by atoms with E-state index in [1.807, 2.05) is 91.0 Å². The van der Waals surface area contributed by atoms with E-state index in [0.29, 0.717) is 0 Å². The molecule has 0 bridgehead atoms. The van der Waals surface area contributed by atoms with Crippen LogP contribution in [0.3, 0.4) is 0 Å². The van der Waals surface area contributed by atoms with Crippen LogP contribution in [0.5, 0.6) is 0 Å². The molecule has 1 N–H and O–H groups in total. The lowest BCUT2D eigenvalue weighted by Crippen LogP contribution is -2.39. The van der Waals surface area contributed by atoms with Crippen LogP contribution in [0.4, 0.5) is 4.79 Å². The van der Waals surface area contributed by atoms with Gasteiger partial charge in [0.2, 0.25) is 0 Å². The van der Waals surface area contributed by atoms with E-state index in [1.54, 1.807) is 0 Å². The molecule has 0 radical (unpaired) electrons. The molecule has 0 aliphatic rings. The number of methoxy groups -OCH3 is 1. The van der Waals surface area contributed by atoms with Crippen LogP contribution in [-0.2, 0) is 47.5 Å². The Morgan fingerprint density at radius 1 is 0.806 bits per heavy atom. The first-order chi connectivity index (χ1) is 17.4. The molecule has 3 rings (SSSR count). The number of benzene rings is 3. The topological polar surface area (TPSA) is 100 Å². The minimum Gasteiger partial charge on any atom is -0.467 e. The van der Waals surface area contributed by atoms with Gasteiger partial charge in [0.25, 0.3) is 0 Å². The van der Waals surface area contributed by atoms with Crippen molar-refractivity contribution in [1.29, 1.82) is 0 Å². The van der Waals surface area contributed by atoms with Crippen molar-refractivity contribution in [3.63, 3.8) is 0 Å². The Hall–Kier alpha value is -3.45. The third-order valence-corrected chi connectivity index (χ3v) is 7.42. The van der Waals surface area contributed by atoms with E-state index < -0.39 is 31.5 Å². The molecule has 1 unspecified atom stereocenters. The van der Waals surface area contributed by atoms with Gasteiger partial charge in [-0.05, 0) is 23.6 Å². The van der Waals surface area contributed by atoms with Crippen molar-refractivity contribution < 1.29 is 32.7 Å². The zero-order valence-electron chi connectivity index (χ0n) is 20.2. The van der Waals surface area contributed by atoms with Gasteiger partial charge < -0.3 is 19.3 Å². The molecule has 190 valence electrons. The maximum atomic E-state index is 14.2. The van der Waals surface area contributed by atoms with Gasteiger partial charge in [-0.25, -0.2) is 9.59 Å². The summed E-state index contributed by atoms with van der Waals surface area (Å²) in [5.74, 6) is -1.86. The number of amides is 1. The molecule has 0 saturated heterocycles. The van der Waals surface area contributed by atoms with Crippen molar-refractivity contribution >= 4 is 19.7 Å². The van der Waals surface area contributed by atoms with E-state index in [1.165, 1.54) is 14.0 Å². The molecule has 0 heterocycles. The Labute approximate surface area is 211 Å². The number of esters is 1. The van der Waals surface area contributed by atoms with Gasteiger partial charge in [0.15, 0.2) is 6.10 Å². The van der Waals surface area contributed by atoms with Crippen LogP contribution in [0.2, 0.25) is 0 Å². The van der Waals surface area contributed by atoms with Gasteiger partial charge in [-0.3, -0.25) is 9.09 Å².